The minimum Gasteiger partial charge on any atom is -0.464 e. The average Bonchev–Trinajstić information content (AvgIpc) is 3.07. The van der Waals surface area contributed by atoms with Crippen LogP contribution in [-0.4, -0.2) is 23.0 Å². The first kappa shape index (κ1) is 17.5. The molecule has 23 heavy (non-hydrogen) atoms. The van der Waals surface area contributed by atoms with Gasteiger partial charge in [-0.05, 0) is 26.0 Å². The maximum absolute atomic E-state index is 12.3. The molecule has 0 aliphatic carbocycles. The van der Waals surface area contributed by atoms with Gasteiger partial charge in [0.1, 0.15) is 16.5 Å². The molecule has 2 aromatic rings. The van der Waals surface area contributed by atoms with E-state index in [9.17, 15) is 4.79 Å². The quantitative estimate of drug-likeness (QED) is 0.909. The predicted molar refractivity (Wildman–Crippen MR) is 92.7 cm³/mol. The molecule has 0 aromatic carbocycles. The maximum Gasteiger partial charge on any atom is 0.318 e. The number of carbonyl (C=O) groups excluding carboxylic acids is 1. The zero-order chi connectivity index (χ0) is 17.2. The van der Waals surface area contributed by atoms with Crippen LogP contribution in [0.4, 0.5) is 4.79 Å². The summed E-state index contributed by atoms with van der Waals surface area (Å²) >= 11 is 1.58. The number of amides is 2. The monoisotopic (exact) mass is 335 g/mol. The molecular formula is C17H25N3O2S. The SMILES string of the molecule is Cc1ccc(CN(C)C(=O)NC(C)c2nc(C(C)(C)C)cs2)o1. The third kappa shape index (κ3) is 4.58. The predicted octanol–water partition coefficient (Wildman–Crippen LogP) is 4.24. The van der Waals surface area contributed by atoms with E-state index >= 15 is 0 Å². The van der Waals surface area contributed by atoms with Crippen LogP contribution in [0.5, 0.6) is 0 Å². The van der Waals surface area contributed by atoms with Crippen molar-refractivity contribution < 1.29 is 9.21 Å². The molecular weight excluding hydrogens is 310 g/mol. The second kappa shape index (κ2) is 6.74. The average molecular weight is 335 g/mol. The van der Waals surface area contributed by atoms with Crippen LogP contribution in [0.25, 0.3) is 0 Å². The number of carbonyl (C=O) groups is 1. The number of rotatable bonds is 4. The Hall–Kier alpha value is -1.82. The van der Waals surface area contributed by atoms with Gasteiger partial charge in [-0.2, -0.15) is 0 Å². The molecule has 6 heteroatoms. The summed E-state index contributed by atoms with van der Waals surface area (Å²) in [6, 6.07) is 3.52. The van der Waals surface area contributed by atoms with E-state index < -0.39 is 0 Å². The van der Waals surface area contributed by atoms with Crippen molar-refractivity contribution in [1.29, 1.82) is 0 Å². The molecule has 2 heterocycles. The molecule has 0 spiro atoms. The van der Waals surface area contributed by atoms with Crippen molar-refractivity contribution in [3.05, 3.63) is 39.7 Å². The Kier molecular flexibility index (Phi) is 5.14. The topological polar surface area (TPSA) is 58.4 Å². The molecule has 2 aromatic heterocycles. The zero-order valence-corrected chi connectivity index (χ0v) is 15.5. The molecule has 1 N–H and O–H groups in total. The number of hydrogen-bond donors (Lipinski definition) is 1. The van der Waals surface area contributed by atoms with Crippen LogP contribution in [0.3, 0.4) is 0 Å². The van der Waals surface area contributed by atoms with E-state index in [0.29, 0.717) is 6.54 Å². The maximum atomic E-state index is 12.3. The van der Waals surface area contributed by atoms with Crippen LogP contribution >= 0.6 is 11.3 Å². The van der Waals surface area contributed by atoms with Crippen molar-refractivity contribution in [1.82, 2.24) is 15.2 Å². The number of nitrogens with zero attached hydrogens (tertiary/aromatic N) is 2. The number of thiazole rings is 1. The lowest BCUT2D eigenvalue weighted by atomic mass is 9.93. The molecule has 0 fully saturated rings. The van der Waals surface area contributed by atoms with Crippen molar-refractivity contribution in [3.8, 4) is 0 Å². The summed E-state index contributed by atoms with van der Waals surface area (Å²) in [7, 11) is 1.75. The Morgan fingerprint density at radius 3 is 2.65 bits per heavy atom. The summed E-state index contributed by atoms with van der Waals surface area (Å²) in [5.41, 5.74) is 1.07. The standard InChI is InChI=1S/C17H25N3O2S/c1-11-7-8-13(22-11)9-20(6)16(21)18-12(2)15-19-14(10-23-15)17(3,4)5/h7-8,10,12H,9H2,1-6H3,(H,18,21). The van der Waals surface area contributed by atoms with E-state index in [1.54, 1.807) is 23.3 Å². The normalized spacial score (nSPS) is 13.0. The molecule has 0 bridgehead atoms. The van der Waals surface area contributed by atoms with Crippen LogP contribution in [0, 0.1) is 6.92 Å². The van der Waals surface area contributed by atoms with Crippen LogP contribution in [0.1, 0.15) is 56.0 Å². The van der Waals surface area contributed by atoms with E-state index in [1.807, 2.05) is 26.0 Å². The molecule has 5 nitrogen and oxygen atoms in total. The van der Waals surface area contributed by atoms with Crippen molar-refractivity contribution >= 4 is 17.4 Å². The second-order valence-corrected chi connectivity index (χ2v) is 7.75. The number of hydrogen-bond acceptors (Lipinski definition) is 4. The van der Waals surface area contributed by atoms with Gasteiger partial charge >= 0.3 is 6.03 Å². The fourth-order valence-electron chi connectivity index (χ4n) is 2.06. The molecule has 0 saturated heterocycles. The van der Waals surface area contributed by atoms with Gasteiger partial charge in [-0.25, -0.2) is 9.78 Å². The molecule has 1 unspecified atom stereocenters. The number of aromatic nitrogens is 1. The van der Waals surface area contributed by atoms with Crippen LogP contribution in [0.2, 0.25) is 0 Å². The zero-order valence-electron chi connectivity index (χ0n) is 14.6. The van der Waals surface area contributed by atoms with Crippen molar-refractivity contribution in [3.63, 3.8) is 0 Å². The number of nitrogens with one attached hydrogen (secondary N) is 1. The number of furan rings is 1. The summed E-state index contributed by atoms with van der Waals surface area (Å²) in [6.07, 6.45) is 0. The third-order valence-corrected chi connectivity index (χ3v) is 4.56. The highest BCUT2D eigenvalue weighted by molar-refractivity contribution is 7.09. The Balaban J connectivity index is 1.94. The third-order valence-electron chi connectivity index (χ3n) is 3.54. The van der Waals surface area contributed by atoms with Gasteiger partial charge in [0.05, 0.1) is 18.3 Å². The van der Waals surface area contributed by atoms with Gasteiger partial charge in [0.15, 0.2) is 0 Å². The van der Waals surface area contributed by atoms with Gasteiger partial charge in [0.2, 0.25) is 0 Å². The van der Waals surface area contributed by atoms with Gasteiger partial charge in [-0.3, -0.25) is 0 Å². The lowest BCUT2D eigenvalue weighted by Crippen LogP contribution is -2.38. The first-order valence-corrected chi connectivity index (χ1v) is 8.57. The van der Waals surface area contributed by atoms with Gasteiger partial charge in [-0.1, -0.05) is 20.8 Å². The highest BCUT2D eigenvalue weighted by Gasteiger charge is 2.21. The fourth-order valence-corrected chi connectivity index (χ4v) is 3.12. The van der Waals surface area contributed by atoms with Crippen LogP contribution < -0.4 is 5.32 Å². The molecule has 0 saturated carbocycles. The summed E-state index contributed by atoms with van der Waals surface area (Å²) in [5.74, 6) is 1.62. The van der Waals surface area contributed by atoms with Gasteiger partial charge in [-0.15, -0.1) is 11.3 Å². The van der Waals surface area contributed by atoms with Crippen LogP contribution in [0.15, 0.2) is 21.9 Å². The Morgan fingerprint density at radius 2 is 2.13 bits per heavy atom. The van der Waals surface area contributed by atoms with E-state index in [1.165, 1.54) is 0 Å². The lowest BCUT2D eigenvalue weighted by molar-refractivity contribution is 0.199. The number of aryl methyl sites for hydroxylation is 1. The van der Waals surface area contributed by atoms with Crippen LogP contribution in [-0.2, 0) is 12.0 Å². The first-order chi connectivity index (χ1) is 10.7. The molecule has 126 valence electrons. The second-order valence-electron chi connectivity index (χ2n) is 6.86. The van der Waals surface area contributed by atoms with Gasteiger partial charge in [0, 0.05) is 17.8 Å². The molecule has 1 atom stereocenters. The summed E-state index contributed by atoms with van der Waals surface area (Å²) < 4.78 is 5.50. The lowest BCUT2D eigenvalue weighted by Gasteiger charge is -2.20. The Labute approximate surface area is 141 Å². The largest absolute Gasteiger partial charge is 0.464 e. The van der Waals surface area contributed by atoms with Crippen molar-refractivity contribution in [2.45, 2.75) is 52.6 Å². The van der Waals surface area contributed by atoms with E-state index in [0.717, 1.165) is 22.2 Å². The van der Waals surface area contributed by atoms with E-state index in [2.05, 4.69) is 36.5 Å². The van der Waals surface area contributed by atoms with Crippen molar-refractivity contribution in [2.24, 2.45) is 0 Å². The Morgan fingerprint density at radius 1 is 1.43 bits per heavy atom. The first-order valence-electron chi connectivity index (χ1n) is 7.69. The summed E-state index contributed by atoms with van der Waals surface area (Å²) in [6.45, 7) is 10.7. The summed E-state index contributed by atoms with van der Waals surface area (Å²) in [5, 5.41) is 5.97. The van der Waals surface area contributed by atoms with Crippen molar-refractivity contribution in [2.75, 3.05) is 7.05 Å². The minimum absolute atomic E-state index is 0.0203. The van der Waals surface area contributed by atoms with Gasteiger partial charge < -0.3 is 14.6 Å². The molecule has 2 amide bonds. The molecule has 0 aliphatic heterocycles. The minimum atomic E-state index is -0.140. The smallest absolute Gasteiger partial charge is 0.318 e. The fraction of sp³-hybridized carbons (Fsp3) is 0.529. The highest BCUT2D eigenvalue weighted by Crippen LogP contribution is 2.26. The summed E-state index contributed by atoms with van der Waals surface area (Å²) in [4.78, 5) is 18.5. The molecule has 2 rings (SSSR count). The Bertz CT molecular complexity index is 669. The highest BCUT2D eigenvalue weighted by atomic mass is 32.1. The molecule has 0 aliphatic rings. The van der Waals surface area contributed by atoms with E-state index in [-0.39, 0.29) is 17.5 Å². The molecule has 0 radical (unpaired) electrons. The van der Waals surface area contributed by atoms with E-state index in [4.69, 9.17) is 4.42 Å². The van der Waals surface area contributed by atoms with Gasteiger partial charge in [0.25, 0.3) is 0 Å². The number of urea groups is 1.